The quantitative estimate of drug-likeness (QED) is 0.776. The molecule has 120 valence electrons. The Morgan fingerprint density at radius 2 is 1.75 bits per heavy atom. The predicted octanol–water partition coefficient (Wildman–Crippen LogP) is 4.53. The first-order chi connectivity index (χ1) is 11.5. The van der Waals surface area contributed by atoms with E-state index in [1.54, 1.807) is 0 Å². The van der Waals surface area contributed by atoms with Crippen molar-refractivity contribution in [2.75, 3.05) is 0 Å². The summed E-state index contributed by atoms with van der Waals surface area (Å²) in [7, 11) is 0. The van der Waals surface area contributed by atoms with Crippen molar-refractivity contribution < 1.29 is 13.6 Å². The van der Waals surface area contributed by atoms with Crippen LogP contribution in [0.1, 0.15) is 47.2 Å². The number of hydrogen-bond acceptors (Lipinski definition) is 2. The Hall–Kier alpha value is -2.54. The molecule has 0 unspecified atom stereocenters. The summed E-state index contributed by atoms with van der Waals surface area (Å²) in [6.07, 6.45) is 3.06. The molecule has 0 aromatic heterocycles. The van der Waals surface area contributed by atoms with E-state index in [1.807, 2.05) is 24.3 Å². The zero-order valence-corrected chi connectivity index (χ0v) is 13.0. The molecular formula is C20H15F2NO. The van der Waals surface area contributed by atoms with Crippen LogP contribution in [0.3, 0.4) is 0 Å². The summed E-state index contributed by atoms with van der Waals surface area (Å²) in [4.78, 5) is 12.3. The summed E-state index contributed by atoms with van der Waals surface area (Å²) >= 11 is 0. The molecule has 3 fully saturated rings. The van der Waals surface area contributed by atoms with Gasteiger partial charge in [-0.05, 0) is 59.9 Å². The summed E-state index contributed by atoms with van der Waals surface area (Å²) < 4.78 is 26.7. The number of rotatable bonds is 4. The second-order valence-corrected chi connectivity index (χ2v) is 7.22. The number of carbonyl (C=O) groups excluding carboxylic acids is 1. The van der Waals surface area contributed by atoms with Crippen LogP contribution < -0.4 is 0 Å². The van der Waals surface area contributed by atoms with Gasteiger partial charge in [0.2, 0.25) is 0 Å². The molecule has 0 spiro atoms. The van der Waals surface area contributed by atoms with E-state index in [9.17, 15) is 13.6 Å². The van der Waals surface area contributed by atoms with Crippen LogP contribution in [0.4, 0.5) is 8.78 Å². The van der Waals surface area contributed by atoms with Gasteiger partial charge >= 0.3 is 0 Å². The molecule has 2 nitrogen and oxygen atoms in total. The topological polar surface area (TPSA) is 40.9 Å². The molecule has 4 heteroatoms. The number of benzene rings is 2. The van der Waals surface area contributed by atoms with Crippen LogP contribution in [0.15, 0.2) is 42.5 Å². The standard InChI is InChI=1S/C20H15F2NO/c21-15-5-6-16(17(22)7-15)18(24)8-19-10-20(11-19,12-19)14-3-1-13(9-23)2-4-14/h1-7H,8,10-12H2. The van der Waals surface area contributed by atoms with E-state index in [-0.39, 0.29) is 22.2 Å². The van der Waals surface area contributed by atoms with Gasteiger partial charge in [-0.1, -0.05) is 12.1 Å². The zero-order chi connectivity index (χ0) is 16.9. The van der Waals surface area contributed by atoms with Gasteiger partial charge in [0.1, 0.15) is 11.6 Å². The Kier molecular flexibility index (Phi) is 3.11. The minimum atomic E-state index is -0.784. The number of hydrogen-bond donors (Lipinski definition) is 0. The molecule has 24 heavy (non-hydrogen) atoms. The molecule has 3 saturated carbocycles. The number of nitrogens with zero attached hydrogens (tertiary/aromatic N) is 1. The van der Waals surface area contributed by atoms with E-state index >= 15 is 0 Å². The lowest BCUT2D eigenvalue weighted by atomic mass is 9.32. The molecule has 2 aromatic carbocycles. The van der Waals surface area contributed by atoms with E-state index in [0.717, 1.165) is 31.4 Å². The Morgan fingerprint density at radius 1 is 1.08 bits per heavy atom. The van der Waals surface area contributed by atoms with E-state index in [1.165, 1.54) is 11.6 Å². The molecule has 3 aliphatic rings. The fourth-order valence-electron chi connectivity index (χ4n) is 4.54. The van der Waals surface area contributed by atoms with Crippen molar-refractivity contribution in [3.8, 4) is 6.07 Å². The normalized spacial score (nSPS) is 26.9. The van der Waals surface area contributed by atoms with Gasteiger partial charge in [-0.25, -0.2) is 8.78 Å². The van der Waals surface area contributed by atoms with Gasteiger partial charge in [0.25, 0.3) is 0 Å². The highest BCUT2D eigenvalue weighted by Crippen LogP contribution is 2.75. The summed E-state index contributed by atoms with van der Waals surface area (Å²) in [5, 5.41) is 8.86. The number of ketones is 1. The SMILES string of the molecule is N#Cc1ccc(C23CC(CC(=O)c4ccc(F)cc4F)(C2)C3)cc1. The summed E-state index contributed by atoms with van der Waals surface area (Å²) in [6, 6.07) is 12.8. The third kappa shape index (κ3) is 2.16. The van der Waals surface area contributed by atoms with Gasteiger partial charge < -0.3 is 0 Å². The van der Waals surface area contributed by atoms with Crippen LogP contribution in [0.5, 0.6) is 0 Å². The van der Waals surface area contributed by atoms with Crippen molar-refractivity contribution >= 4 is 5.78 Å². The number of carbonyl (C=O) groups is 1. The monoisotopic (exact) mass is 323 g/mol. The molecule has 0 radical (unpaired) electrons. The Morgan fingerprint density at radius 3 is 2.33 bits per heavy atom. The number of nitriles is 1. The second kappa shape index (κ2) is 4.98. The van der Waals surface area contributed by atoms with E-state index in [2.05, 4.69) is 6.07 Å². The molecule has 5 rings (SSSR count). The summed E-state index contributed by atoms with van der Waals surface area (Å²) in [5.74, 6) is -1.71. The average Bonchev–Trinajstić information content (AvgIpc) is 2.49. The van der Waals surface area contributed by atoms with Crippen LogP contribution in [-0.4, -0.2) is 5.78 Å². The van der Waals surface area contributed by atoms with Crippen LogP contribution in [0.25, 0.3) is 0 Å². The van der Waals surface area contributed by atoms with Crippen LogP contribution >= 0.6 is 0 Å². The first-order valence-electron chi connectivity index (χ1n) is 7.94. The lowest BCUT2D eigenvalue weighted by Crippen LogP contribution is -2.65. The third-order valence-electron chi connectivity index (χ3n) is 5.53. The summed E-state index contributed by atoms with van der Waals surface area (Å²) in [6.45, 7) is 0. The maximum atomic E-state index is 13.7. The fourth-order valence-corrected chi connectivity index (χ4v) is 4.54. The molecule has 2 bridgehead atoms. The van der Waals surface area contributed by atoms with Gasteiger partial charge in [-0.15, -0.1) is 0 Å². The lowest BCUT2D eigenvalue weighted by Gasteiger charge is -2.71. The Bertz CT molecular complexity index is 860. The Balaban J connectivity index is 1.44. The fraction of sp³-hybridized carbons (Fsp3) is 0.300. The maximum Gasteiger partial charge on any atom is 0.166 e. The summed E-state index contributed by atoms with van der Waals surface area (Å²) in [5.41, 5.74) is 1.92. The van der Waals surface area contributed by atoms with Gasteiger partial charge in [0.15, 0.2) is 5.78 Å². The zero-order valence-electron chi connectivity index (χ0n) is 13.0. The van der Waals surface area contributed by atoms with Crippen LogP contribution in [-0.2, 0) is 5.41 Å². The largest absolute Gasteiger partial charge is 0.294 e. The molecule has 0 atom stereocenters. The van der Waals surface area contributed by atoms with Crippen molar-refractivity contribution in [3.63, 3.8) is 0 Å². The van der Waals surface area contributed by atoms with Crippen molar-refractivity contribution in [2.24, 2.45) is 5.41 Å². The minimum absolute atomic E-state index is 0.0199. The van der Waals surface area contributed by atoms with Gasteiger partial charge in [0, 0.05) is 12.5 Å². The number of halogens is 2. The van der Waals surface area contributed by atoms with Crippen molar-refractivity contribution in [1.29, 1.82) is 5.26 Å². The molecule has 3 aliphatic carbocycles. The van der Waals surface area contributed by atoms with Crippen molar-refractivity contribution in [2.45, 2.75) is 31.1 Å². The highest BCUT2D eigenvalue weighted by atomic mass is 19.1. The van der Waals surface area contributed by atoms with Crippen LogP contribution in [0, 0.1) is 28.4 Å². The molecule has 2 aromatic rings. The predicted molar refractivity (Wildman–Crippen MR) is 84.4 cm³/mol. The highest BCUT2D eigenvalue weighted by molar-refractivity contribution is 5.97. The van der Waals surface area contributed by atoms with Gasteiger partial charge in [0.05, 0.1) is 17.2 Å². The van der Waals surface area contributed by atoms with E-state index in [0.29, 0.717) is 12.0 Å². The number of Topliss-reactive ketones (excluding diaryl/α,β-unsaturated/α-hetero) is 1. The smallest absolute Gasteiger partial charge is 0.166 e. The van der Waals surface area contributed by atoms with Crippen LogP contribution in [0.2, 0.25) is 0 Å². The van der Waals surface area contributed by atoms with Gasteiger partial charge in [-0.3, -0.25) is 4.79 Å². The molecule has 0 saturated heterocycles. The second-order valence-electron chi connectivity index (χ2n) is 7.22. The van der Waals surface area contributed by atoms with E-state index in [4.69, 9.17) is 5.26 Å². The lowest BCUT2D eigenvalue weighted by molar-refractivity contribution is -0.138. The van der Waals surface area contributed by atoms with E-state index < -0.39 is 11.6 Å². The molecule has 0 heterocycles. The van der Waals surface area contributed by atoms with Crippen molar-refractivity contribution in [3.05, 3.63) is 70.8 Å². The molecule has 0 amide bonds. The first-order valence-corrected chi connectivity index (χ1v) is 7.94. The molecule has 0 N–H and O–H groups in total. The first kappa shape index (κ1) is 15.0. The highest BCUT2D eigenvalue weighted by Gasteiger charge is 2.68. The average molecular weight is 323 g/mol. The minimum Gasteiger partial charge on any atom is -0.294 e. The van der Waals surface area contributed by atoms with Crippen molar-refractivity contribution in [1.82, 2.24) is 0 Å². The maximum absolute atomic E-state index is 13.7. The molecule has 0 aliphatic heterocycles. The van der Waals surface area contributed by atoms with Gasteiger partial charge in [-0.2, -0.15) is 5.26 Å². The Labute approximate surface area is 138 Å². The molecular weight excluding hydrogens is 308 g/mol. The third-order valence-corrected chi connectivity index (χ3v) is 5.53.